The lowest BCUT2D eigenvalue weighted by Gasteiger charge is -2.26. The molecule has 0 unspecified atom stereocenters. The van der Waals surface area contributed by atoms with Gasteiger partial charge in [-0.15, -0.1) is 0 Å². The summed E-state index contributed by atoms with van der Waals surface area (Å²) in [5.74, 6) is -2.50. The number of hydrogen-bond donors (Lipinski definition) is 0. The second-order valence-corrected chi connectivity index (χ2v) is 11.5. The molecule has 3 fully saturated rings. The van der Waals surface area contributed by atoms with Crippen LogP contribution in [0.15, 0.2) is 53.4 Å². The normalized spacial score (nSPS) is 29.1. The van der Waals surface area contributed by atoms with Crippen LogP contribution in [0.25, 0.3) is 0 Å². The molecule has 10 heteroatoms. The molecule has 0 spiro atoms. The van der Waals surface area contributed by atoms with Crippen molar-refractivity contribution in [2.75, 3.05) is 6.61 Å². The van der Waals surface area contributed by atoms with Gasteiger partial charge in [0.1, 0.15) is 16.7 Å². The van der Waals surface area contributed by atoms with Gasteiger partial charge in [0.15, 0.2) is 12.4 Å². The predicted octanol–water partition coefficient (Wildman–Crippen LogP) is 3.06. The maximum Gasteiger partial charge on any atom is 0.339 e. The number of carbonyl (C=O) groups is 3. The summed E-state index contributed by atoms with van der Waals surface area (Å²) in [6, 6.07) is 11.8. The van der Waals surface area contributed by atoms with Gasteiger partial charge in [-0.25, -0.2) is 0 Å². The van der Waals surface area contributed by atoms with Crippen LogP contribution in [0.5, 0.6) is 5.75 Å². The van der Waals surface area contributed by atoms with Gasteiger partial charge in [0.2, 0.25) is 0 Å². The summed E-state index contributed by atoms with van der Waals surface area (Å²) in [4.78, 5) is 37.4. The van der Waals surface area contributed by atoms with E-state index in [-0.39, 0.29) is 44.9 Å². The SMILES string of the molecule is Cc1ccc(S(=O)(=O)Oc2ccc(C(=O)COC(=O)[C@@H]3[C@H]4C[C@H]5[C@H](OC(=O)[C@@H]53)[C@@H]4Br)cc2)cc1. The van der Waals surface area contributed by atoms with Crippen molar-refractivity contribution >= 4 is 43.8 Å². The van der Waals surface area contributed by atoms with Crippen molar-refractivity contribution in [3.63, 3.8) is 0 Å². The molecule has 1 saturated heterocycles. The molecule has 8 nitrogen and oxygen atoms in total. The van der Waals surface area contributed by atoms with Crippen molar-refractivity contribution in [3.8, 4) is 5.75 Å². The van der Waals surface area contributed by atoms with Crippen molar-refractivity contribution in [2.45, 2.75) is 29.2 Å². The van der Waals surface area contributed by atoms with E-state index in [1.54, 1.807) is 12.1 Å². The number of Topliss-reactive ketones (excluding diaryl/α,β-unsaturated/α-hetero) is 1. The minimum atomic E-state index is -4.01. The summed E-state index contributed by atoms with van der Waals surface area (Å²) in [7, 11) is -4.01. The van der Waals surface area contributed by atoms with Gasteiger partial charge in [0.05, 0.1) is 16.7 Å². The van der Waals surface area contributed by atoms with Crippen LogP contribution in [0.4, 0.5) is 0 Å². The molecule has 3 aliphatic rings. The van der Waals surface area contributed by atoms with E-state index in [0.29, 0.717) is 0 Å². The van der Waals surface area contributed by atoms with Gasteiger partial charge in [-0.3, -0.25) is 14.4 Å². The highest BCUT2D eigenvalue weighted by Gasteiger charge is 2.68. The Balaban J connectivity index is 1.19. The molecule has 0 N–H and O–H groups in total. The Bertz CT molecular complexity index is 1250. The molecule has 2 aromatic rings. The van der Waals surface area contributed by atoms with Crippen LogP contribution < -0.4 is 4.18 Å². The van der Waals surface area contributed by atoms with Crippen LogP contribution in [-0.2, 0) is 29.2 Å². The summed E-state index contributed by atoms with van der Waals surface area (Å²) >= 11 is 3.54. The summed E-state index contributed by atoms with van der Waals surface area (Å²) in [6.45, 7) is 1.37. The summed E-state index contributed by atoms with van der Waals surface area (Å²) in [5.41, 5.74) is 1.15. The van der Waals surface area contributed by atoms with E-state index in [9.17, 15) is 22.8 Å². The van der Waals surface area contributed by atoms with E-state index < -0.39 is 40.3 Å². The van der Waals surface area contributed by atoms with Crippen LogP contribution in [0, 0.1) is 30.6 Å². The lowest BCUT2D eigenvalue weighted by molar-refractivity contribution is -0.154. The number of aryl methyl sites for hydroxylation is 1. The third-order valence-corrected chi connectivity index (χ3v) is 9.29. The molecule has 2 aromatic carbocycles. The summed E-state index contributed by atoms with van der Waals surface area (Å²) < 4.78 is 40.6. The van der Waals surface area contributed by atoms with Crippen LogP contribution in [0.1, 0.15) is 22.3 Å². The highest BCUT2D eigenvalue weighted by Crippen LogP contribution is 2.60. The third kappa shape index (κ3) is 3.92. The topological polar surface area (TPSA) is 113 Å². The van der Waals surface area contributed by atoms with Gasteiger partial charge in [0, 0.05) is 11.5 Å². The molecule has 0 aromatic heterocycles. The van der Waals surface area contributed by atoms with E-state index in [4.69, 9.17) is 13.7 Å². The van der Waals surface area contributed by atoms with Crippen LogP contribution >= 0.6 is 15.9 Å². The average Bonchev–Trinajstić information content (AvgIpc) is 3.42. The molecule has 2 bridgehead atoms. The number of benzene rings is 2. The van der Waals surface area contributed by atoms with Crippen molar-refractivity contribution in [1.82, 2.24) is 0 Å². The van der Waals surface area contributed by atoms with Gasteiger partial charge < -0.3 is 13.7 Å². The largest absolute Gasteiger partial charge is 0.461 e. The summed E-state index contributed by atoms with van der Waals surface area (Å²) in [5, 5.41) is 0. The van der Waals surface area contributed by atoms with Gasteiger partial charge in [0.25, 0.3) is 0 Å². The van der Waals surface area contributed by atoms with E-state index >= 15 is 0 Å². The van der Waals surface area contributed by atoms with Crippen molar-refractivity contribution in [3.05, 3.63) is 59.7 Å². The second-order valence-electron chi connectivity index (χ2n) is 8.87. The number of ether oxygens (including phenoxy) is 2. The Hall–Kier alpha value is -2.72. The minimum absolute atomic E-state index is 0.0128. The van der Waals surface area contributed by atoms with Crippen molar-refractivity contribution < 1.29 is 36.5 Å². The first-order valence-corrected chi connectivity index (χ1v) is 13.1. The number of carbonyl (C=O) groups excluding carboxylic acids is 3. The molecule has 6 atom stereocenters. The standard InChI is InChI=1S/C24H21BrO8S/c1-12-2-8-15(9-3-12)34(29,30)33-14-6-4-13(5-7-14)18(26)11-31-23(27)19-16-10-17-20(19)24(28)32-22(17)21(16)25/h2-9,16-17,19-22H,10-11H2,1H3/t16-,17-,19-,20+,21-,22+/m1/s1. The fourth-order valence-electron chi connectivity index (χ4n) is 5.19. The average molecular weight is 549 g/mol. The lowest BCUT2D eigenvalue weighted by Crippen LogP contribution is -2.39. The van der Waals surface area contributed by atoms with E-state index in [2.05, 4.69) is 15.9 Å². The highest BCUT2D eigenvalue weighted by atomic mass is 79.9. The van der Waals surface area contributed by atoms with Gasteiger partial charge in [-0.05, 0) is 55.7 Å². The molecule has 2 aliphatic carbocycles. The number of hydrogen-bond acceptors (Lipinski definition) is 8. The Kier molecular flexibility index (Phi) is 5.76. The molecule has 0 radical (unpaired) electrons. The number of fused-ring (bicyclic) bond motifs is 1. The smallest absolute Gasteiger partial charge is 0.339 e. The van der Waals surface area contributed by atoms with Crippen molar-refractivity contribution in [1.29, 1.82) is 0 Å². The first-order valence-electron chi connectivity index (χ1n) is 10.8. The zero-order chi connectivity index (χ0) is 24.2. The first kappa shape index (κ1) is 23.0. The van der Waals surface area contributed by atoms with E-state index in [1.807, 2.05) is 6.92 Å². The maximum absolute atomic E-state index is 12.7. The number of ketones is 1. The molecule has 178 valence electrons. The Labute approximate surface area is 204 Å². The molecule has 0 amide bonds. The molecule has 1 heterocycles. The van der Waals surface area contributed by atoms with Crippen LogP contribution in [0.3, 0.4) is 0 Å². The minimum Gasteiger partial charge on any atom is -0.461 e. The van der Waals surface area contributed by atoms with Crippen molar-refractivity contribution in [2.24, 2.45) is 23.7 Å². The zero-order valence-corrected chi connectivity index (χ0v) is 20.5. The second kappa shape index (κ2) is 8.49. The predicted molar refractivity (Wildman–Crippen MR) is 122 cm³/mol. The Morgan fingerprint density at radius 3 is 2.41 bits per heavy atom. The Morgan fingerprint density at radius 1 is 1.06 bits per heavy atom. The molecule has 2 saturated carbocycles. The van der Waals surface area contributed by atoms with E-state index in [0.717, 1.165) is 12.0 Å². The molecular weight excluding hydrogens is 528 g/mol. The Morgan fingerprint density at radius 2 is 1.74 bits per heavy atom. The highest BCUT2D eigenvalue weighted by molar-refractivity contribution is 9.09. The molecular formula is C24H21BrO8S. The lowest BCUT2D eigenvalue weighted by atomic mass is 9.80. The monoisotopic (exact) mass is 548 g/mol. The quantitative estimate of drug-likeness (QED) is 0.224. The molecule has 5 rings (SSSR count). The fraction of sp³-hybridized carbons (Fsp3) is 0.375. The first-order chi connectivity index (χ1) is 16.2. The number of halogens is 1. The zero-order valence-electron chi connectivity index (χ0n) is 18.0. The summed E-state index contributed by atoms with van der Waals surface area (Å²) in [6.07, 6.45) is 0.529. The van der Waals surface area contributed by atoms with Crippen LogP contribution in [-0.4, -0.2) is 43.7 Å². The number of esters is 2. The third-order valence-electron chi connectivity index (χ3n) is 6.83. The fourth-order valence-corrected chi connectivity index (χ4v) is 7.16. The van der Waals surface area contributed by atoms with Gasteiger partial charge in [-0.2, -0.15) is 8.42 Å². The van der Waals surface area contributed by atoms with E-state index in [1.165, 1.54) is 36.4 Å². The maximum atomic E-state index is 12.7. The molecule has 34 heavy (non-hydrogen) atoms. The van der Waals surface area contributed by atoms with Gasteiger partial charge >= 0.3 is 22.1 Å². The van der Waals surface area contributed by atoms with Crippen LogP contribution in [0.2, 0.25) is 0 Å². The number of rotatable bonds is 7. The molecule has 1 aliphatic heterocycles. The number of alkyl halides is 1. The van der Waals surface area contributed by atoms with Gasteiger partial charge in [-0.1, -0.05) is 33.6 Å².